The first-order chi connectivity index (χ1) is 19.2. The van der Waals surface area contributed by atoms with Gasteiger partial charge in [-0.25, -0.2) is 5.01 Å². The van der Waals surface area contributed by atoms with E-state index in [2.05, 4.69) is 15.4 Å². The van der Waals surface area contributed by atoms with Crippen molar-refractivity contribution in [1.29, 1.82) is 0 Å². The molecule has 0 unspecified atom stereocenters. The molecule has 2 aliphatic rings. The molecule has 1 fully saturated rings. The molecule has 3 amide bonds. The van der Waals surface area contributed by atoms with Gasteiger partial charge >= 0.3 is 6.18 Å². The number of fused-ring (bicyclic) bond motifs is 1. The van der Waals surface area contributed by atoms with Crippen molar-refractivity contribution in [3.05, 3.63) is 51.4 Å². The van der Waals surface area contributed by atoms with Gasteiger partial charge in [-0.3, -0.25) is 19.4 Å². The molecule has 2 atom stereocenters. The van der Waals surface area contributed by atoms with Crippen LogP contribution in [0.5, 0.6) is 0 Å². The van der Waals surface area contributed by atoms with E-state index in [1.807, 2.05) is 0 Å². The average molecular weight is 615 g/mol. The molecule has 2 aliphatic heterocycles. The molecule has 15 heteroatoms. The Hall–Kier alpha value is -3.07. The molecule has 0 radical (unpaired) electrons. The van der Waals surface area contributed by atoms with Gasteiger partial charge in [0.15, 0.2) is 0 Å². The highest BCUT2D eigenvalue weighted by Crippen LogP contribution is 2.40. The Morgan fingerprint density at radius 3 is 2.68 bits per heavy atom. The first kappa shape index (κ1) is 30.9. The summed E-state index contributed by atoms with van der Waals surface area (Å²) in [4.78, 5) is 46.2. The normalized spacial score (nSPS) is 20.1. The lowest BCUT2D eigenvalue weighted by molar-refractivity contribution is -0.163. The Bertz CT molecular complexity index is 1320. The van der Waals surface area contributed by atoms with Gasteiger partial charge in [0.1, 0.15) is 18.0 Å². The number of nitrogens with one attached hydrogen (secondary N) is 1. The van der Waals surface area contributed by atoms with Gasteiger partial charge in [0.25, 0.3) is 5.91 Å². The Labute approximate surface area is 243 Å². The van der Waals surface area contributed by atoms with Crippen LogP contribution in [0.25, 0.3) is 0 Å². The molecule has 0 aliphatic carbocycles. The Kier molecular flexibility index (Phi) is 9.07. The Morgan fingerprint density at radius 2 is 2.07 bits per heavy atom. The van der Waals surface area contributed by atoms with Gasteiger partial charge in [0.05, 0.1) is 36.0 Å². The number of hydrazone groups is 1. The van der Waals surface area contributed by atoms with Gasteiger partial charge in [0, 0.05) is 35.1 Å². The molecule has 10 nitrogen and oxygen atoms in total. The molecular formula is C26H30ClF3N6O4S. The minimum Gasteiger partial charge on any atom is -0.373 e. The van der Waals surface area contributed by atoms with Crippen LogP contribution in [0.3, 0.4) is 0 Å². The number of amides is 3. The lowest BCUT2D eigenvalue weighted by Crippen LogP contribution is -2.60. The first-order valence-corrected chi connectivity index (χ1v) is 14.0. The number of piperidine rings is 1. The fourth-order valence-corrected chi connectivity index (χ4v) is 5.67. The van der Waals surface area contributed by atoms with Crippen molar-refractivity contribution in [3.63, 3.8) is 0 Å². The van der Waals surface area contributed by atoms with Crippen LogP contribution in [-0.2, 0) is 32.1 Å². The summed E-state index contributed by atoms with van der Waals surface area (Å²) in [6.45, 7) is 1.21. The number of aromatic nitrogens is 1. The highest BCUT2D eigenvalue weighted by Gasteiger charge is 2.55. The molecule has 0 bridgehead atoms. The lowest BCUT2D eigenvalue weighted by atomic mass is 9.73. The molecule has 1 saturated heterocycles. The number of likely N-dealkylation sites (tertiary alicyclic amines) is 1. The van der Waals surface area contributed by atoms with E-state index in [0.717, 1.165) is 4.88 Å². The third kappa shape index (κ3) is 7.42. The van der Waals surface area contributed by atoms with Crippen LogP contribution in [0.15, 0.2) is 40.9 Å². The van der Waals surface area contributed by atoms with Crippen molar-refractivity contribution in [1.82, 2.24) is 20.2 Å². The topological polar surface area (TPSA) is 130 Å². The standard InChI is InChI=1S/C26H30ClF3N6O4S/c1-24(2,31)22(38)33-19(13-40-12-18-9-16(27)14-41-18)21(37)35-8-6-25(10-17-5-3-4-7-32-17)20(11-35)34-36(23(25)39)15-26(28,29)30/h3-5,7,9,14,19H,6,8,10-13,15,31H2,1-2H3,(H,33,38)/t19-,25+/m1/s1. The molecular weight excluding hydrogens is 585 g/mol. The van der Waals surface area contributed by atoms with Gasteiger partial charge in [0.2, 0.25) is 11.8 Å². The maximum absolute atomic E-state index is 13.7. The minimum absolute atomic E-state index is 0.0267. The maximum atomic E-state index is 13.7. The van der Waals surface area contributed by atoms with Crippen LogP contribution < -0.4 is 11.1 Å². The number of ether oxygens (including phenoxy) is 1. The fraction of sp³-hybridized carbons (Fsp3) is 0.500. The molecule has 2 aromatic heterocycles. The number of nitrogens with two attached hydrogens (primary N) is 1. The molecule has 3 N–H and O–H groups in total. The van der Waals surface area contributed by atoms with E-state index in [4.69, 9.17) is 22.1 Å². The Morgan fingerprint density at radius 1 is 1.32 bits per heavy atom. The SMILES string of the molecule is CC(C)(N)C(=O)N[C@H](COCc1cc(Cl)cs1)C(=O)N1CC[C@@]2(Cc3ccccn3)C(=O)N(CC(F)(F)F)N=C2C1. The van der Waals surface area contributed by atoms with E-state index in [0.29, 0.717) is 15.7 Å². The summed E-state index contributed by atoms with van der Waals surface area (Å²) in [6.07, 6.45) is -3.07. The van der Waals surface area contributed by atoms with Crippen molar-refractivity contribution in [2.24, 2.45) is 16.3 Å². The number of pyridine rings is 1. The number of rotatable bonds is 10. The number of carbonyl (C=O) groups is 3. The van der Waals surface area contributed by atoms with E-state index in [-0.39, 0.29) is 44.9 Å². The zero-order valence-corrected chi connectivity index (χ0v) is 24.0. The molecule has 41 heavy (non-hydrogen) atoms. The van der Waals surface area contributed by atoms with Crippen LogP contribution >= 0.6 is 22.9 Å². The summed E-state index contributed by atoms with van der Waals surface area (Å²) >= 11 is 7.33. The largest absolute Gasteiger partial charge is 0.408 e. The lowest BCUT2D eigenvalue weighted by Gasteiger charge is -2.39. The van der Waals surface area contributed by atoms with Gasteiger partial charge in [-0.1, -0.05) is 17.7 Å². The van der Waals surface area contributed by atoms with Crippen molar-refractivity contribution in [2.45, 2.75) is 51.1 Å². The van der Waals surface area contributed by atoms with Crippen LogP contribution in [0, 0.1) is 5.41 Å². The third-order valence-electron chi connectivity index (χ3n) is 6.78. The molecule has 4 rings (SSSR count). The summed E-state index contributed by atoms with van der Waals surface area (Å²) in [5, 5.41) is 9.39. The van der Waals surface area contributed by atoms with Crippen LogP contribution in [0.2, 0.25) is 5.02 Å². The van der Waals surface area contributed by atoms with Crippen molar-refractivity contribution in [2.75, 3.05) is 26.2 Å². The second-order valence-electron chi connectivity index (χ2n) is 10.6. The quantitative estimate of drug-likeness (QED) is 0.423. The summed E-state index contributed by atoms with van der Waals surface area (Å²) in [5.41, 5.74) is 3.90. The number of halogens is 4. The summed E-state index contributed by atoms with van der Waals surface area (Å²) < 4.78 is 45.5. The number of hydrogen-bond donors (Lipinski definition) is 2. The van der Waals surface area contributed by atoms with Crippen LogP contribution in [-0.4, -0.2) is 82.3 Å². The predicted octanol–water partition coefficient (Wildman–Crippen LogP) is 2.76. The third-order valence-corrected chi connectivity index (χ3v) is 8.03. The number of thiophene rings is 1. The minimum atomic E-state index is -4.66. The summed E-state index contributed by atoms with van der Waals surface area (Å²) in [7, 11) is 0. The highest BCUT2D eigenvalue weighted by atomic mass is 35.5. The second kappa shape index (κ2) is 12.0. The molecule has 0 saturated carbocycles. The number of alkyl halides is 3. The van der Waals surface area contributed by atoms with E-state index in [1.54, 1.807) is 29.6 Å². The molecule has 0 aromatic carbocycles. The predicted molar refractivity (Wildman–Crippen MR) is 146 cm³/mol. The van der Waals surface area contributed by atoms with Crippen molar-refractivity contribution in [3.8, 4) is 0 Å². The highest BCUT2D eigenvalue weighted by molar-refractivity contribution is 7.10. The van der Waals surface area contributed by atoms with Crippen LogP contribution in [0.1, 0.15) is 30.8 Å². The maximum Gasteiger partial charge on any atom is 0.408 e. The number of carbonyl (C=O) groups excluding carboxylic acids is 3. The van der Waals surface area contributed by atoms with Crippen molar-refractivity contribution < 1.29 is 32.3 Å². The summed E-state index contributed by atoms with van der Waals surface area (Å²) in [5.74, 6) is -1.91. The monoisotopic (exact) mass is 614 g/mol. The van der Waals surface area contributed by atoms with E-state index in [9.17, 15) is 27.6 Å². The van der Waals surface area contributed by atoms with Gasteiger partial charge < -0.3 is 20.7 Å². The smallest absolute Gasteiger partial charge is 0.373 e. The molecule has 0 spiro atoms. The molecule has 2 aromatic rings. The molecule has 4 heterocycles. The fourth-order valence-electron chi connectivity index (χ4n) is 4.67. The van der Waals surface area contributed by atoms with E-state index in [1.165, 1.54) is 36.3 Å². The van der Waals surface area contributed by atoms with Crippen molar-refractivity contribution >= 4 is 46.4 Å². The van der Waals surface area contributed by atoms with E-state index >= 15 is 0 Å². The van der Waals surface area contributed by atoms with E-state index < -0.39 is 47.4 Å². The zero-order valence-electron chi connectivity index (χ0n) is 22.4. The first-order valence-electron chi connectivity index (χ1n) is 12.7. The Balaban J connectivity index is 1.55. The average Bonchev–Trinajstić information content (AvgIpc) is 3.42. The second-order valence-corrected chi connectivity index (χ2v) is 12.0. The molecule has 222 valence electrons. The van der Waals surface area contributed by atoms with Gasteiger partial charge in [-0.05, 0) is 38.5 Å². The summed E-state index contributed by atoms with van der Waals surface area (Å²) in [6, 6.07) is 5.67. The van der Waals surface area contributed by atoms with Gasteiger partial charge in [-0.15, -0.1) is 11.3 Å². The van der Waals surface area contributed by atoms with Gasteiger partial charge in [-0.2, -0.15) is 18.3 Å². The number of hydrogen-bond acceptors (Lipinski definition) is 8. The van der Waals surface area contributed by atoms with Crippen LogP contribution in [0.4, 0.5) is 13.2 Å². The number of nitrogens with zero attached hydrogens (tertiary/aromatic N) is 4. The zero-order chi connectivity index (χ0) is 30.0.